The number of pyridine rings is 2. The molecule has 5 rings (SSSR count). The quantitative estimate of drug-likeness (QED) is 0.612. The lowest BCUT2D eigenvalue weighted by Crippen LogP contribution is -2.46. The molecule has 3 aromatic rings. The fourth-order valence-corrected chi connectivity index (χ4v) is 4.24. The van der Waals surface area contributed by atoms with Crippen molar-refractivity contribution in [1.82, 2.24) is 19.9 Å². The topological polar surface area (TPSA) is 85.7 Å². The maximum absolute atomic E-state index is 5.66. The first-order valence-electron chi connectivity index (χ1n) is 11.0. The fourth-order valence-electron chi connectivity index (χ4n) is 4.24. The van der Waals surface area contributed by atoms with Crippen LogP contribution in [-0.4, -0.2) is 78.6 Å². The number of aromatic nitrogens is 4. The summed E-state index contributed by atoms with van der Waals surface area (Å²) in [5.41, 5.74) is 2.43. The number of methoxy groups -OCH3 is 1. The highest BCUT2D eigenvalue weighted by Gasteiger charge is 2.27. The van der Waals surface area contributed by atoms with Crippen LogP contribution in [-0.2, 0) is 9.47 Å². The summed E-state index contributed by atoms with van der Waals surface area (Å²) >= 11 is 0. The maximum atomic E-state index is 5.66. The van der Waals surface area contributed by atoms with E-state index in [4.69, 9.17) is 29.2 Å². The first kappa shape index (κ1) is 20.8. The van der Waals surface area contributed by atoms with Crippen molar-refractivity contribution in [2.45, 2.75) is 25.9 Å². The highest BCUT2D eigenvalue weighted by atomic mass is 16.5. The van der Waals surface area contributed by atoms with Crippen LogP contribution in [0.25, 0.3) is 22.3 Å². The van der Waals surface area contributed by atoms with E-state index in [0.717, 1.165) is 35.6 Å². The lowest BCUT2D eigenvalue weighted by atomic mass is 10.1. The summed E-state index contributed by atoms with van der Waals surface area (Å²) in [5.74, 6) is 2.16. The second-order valence-electron chi connectivity index (χ2n) is 8.24. The van der Waals surface area contributed by atoms with E-state index >= 15 is 0 Å². The van der Waals surface area contributed by atoms with Crippen LogP contribution >= 0.6 is 0 Å². The van der Waals surface area contributed by atoms with Crippen molar-refractivity contribution in [2.24, 2.45) is 0 Å². The predicted molar refractivity (Wildman–Crippen MR) is 122 cm³/mol. The number of ether oxygens (including phenoxy) is 3. The second kappa shape index (κ2) is 8.84. The predicted octanol–water partition coefficient (Wildman–Crippen LogP) is 2.55. The van der Waals surface area contributed by atoms with Crippen LogP contribution < -0.4 is 14.5 Å². The zero-order valence-electron chi connectivity index (χ0n) is 18.7. The average molecular weight is 437 g/mol. The molecule has 0 spiro atoms. The number of fused-ring (bicyclic) bond motifs is 1. The zero-order valence-corrected chi connectivity index (χ0v) is 18.7. The summed E-state index contributed by atoms with van der Waals surface area (Å²) < 4.78 is 16.6. The Bertz CT molecular complexity index is 1110. The molecule has 0 radical (unpaired) electrons. The van der Waals surface area contributed by atoms with Crippen molar-refractivity contribution in [3.05, 3.63) is 30.5 Å². The van der Waals surface area contributed by atoms with Crippen molar-refractivity contribution in [1.29, 1.82) is 0 Å². The molecule has 0 amide bonds. The monoisotopic (exact) mass is 436 g/mol. The van der Waals surface area contributed by atoms with E-state index in [-0.39, 0.29) is 12.1 Å². The third-order valence-corrected chi connectivity index (χ3v) is 6.03. The van der Waals surface area contributed by atoms with E-state index in [1.165, 1.54) is 0 Å². The first-order chi connectivity index (χ1) is 15.6. The Morgan fingerprint density at radius 3 is 2.41 bits per heavy atom. The van der Waals surface area contributed by atoms with Crippen LogP contribution in [0.3, 0.4) is 0 Å². The van der Waals surface area contributed by atoms with Gasteiger partial charge in [-0.3, -0.25) is 0 Å². The Kier molecular flexibility index (Phi) is 5.75. The van der Waals surface area contributed by atoms with Crippen LogP contribution in [0.4, 0.5) is 11.8 Å². The van der Waals surface area contributed by atoms with E-state index in [2.05, 4.69) is 34.7 Å². The molecule has 0 bridgehead atoms. The Hall–Kier alpha value is -3.04. The number of hydrogen-bond acceptors (Lipinski definition) is 9. The standard InChI is InChI=1S/C23H28N6O3/c1-15-13-31-10-8-28(15)22-18-4-5-19(17-6-7-24-20(12-17)30-3)25-21(18)26-23(27-22)29-9-11-32-14-16(29)2/h4-7,12,15-16H,8-11,13-14H2,1-3H3/t15-,16-/m0/s1. The van der Waals surface area contributed by atoms with E-state index in [0.29, 0.717) is 43.9 Å². The number of rotatable bonds is 4. The normalized spacial score (nSPS) is 21.7. The molecule has 0 aromatic carbocycles. The minimum atomic E-state index is 0.198. The van der Waals surface area contributed by atoms with Gasteiger partial charge in [0.2, 0.25) is 11.8 Å². The van der Waals surface area contributed by atoms with Gasteiger partial charge < -0.3 is 24.0 Å². The van der Waals surface area contributed by atoms with Gasteiger partial charge in [0.25, 0.3) is 0 Å². The van der Waals surface area contributed by atoms with Gasteiger partial charge in [-0.1, -0.05) is 0 Å². The summed E-state index contributed by atoms with van der Waals surface area (Å²) in [6.45, 7) is 8.53. The van der Waals surface area contributed by atoms with Gasteiger partial charge in [0, 0.05) is 30.9 Å². The highest BCUT2D eigenvalue weighted by Crippen LogP contribution is 2.31. The molecular formula is C23H28N6O3. The molecule has 2 atom stereocenters. The lowest BCUT2D eigenvalue weighted by molar-refractivity contribution is 0.0973. The van der Waals surface area contributed by atoms with Gasteiger partial charge in [-0.05, 0) is 32.0 Å². The molecular weight excluding hydrogens is 408 g/mol. The van der Waals surface area contributed by atoms with Crippen molar-refractivity contribution >= 4 is 22.8 Å². The molecule has 0 unspecified atom stereocenters. The summed E-state index contributed by atoms with van der Waals surface area (Å²) in [5, 5.41) is 0.938. The summed E-state index contributed by atoms with van der Waals surface area (Å²) in [4.78, 5) is 23.6. The van der Waals surface area contributed by atoms with Gasteiger partial charge in [-0.2, -0.15) is 9.97 Å². The molecule has 2 aliphatic heterocycles. The van der Waals surface area contributed by atoms with Gasteiger partial charge in [0.05, 0.1) is 56.7 Å². The molecule has 32 heavy (non-hydrogen) atoms. The summed E-state index contributed by atoms with van der Waals surface area (Å²) in [6.07, 6.45) is 1.72. The molecule has 9 nitrogen and oxygen atoms in total. The van der Waals surface area contributed by atoms with Crippen LogP contribution in [0.5, 0.6) is 5.88 Å². The molecule has 2 fully saturated rings. The summed E-state index contributed by atoms with van der Waals surface area (Å²) in [7, 11) is 1.61. The van der Waals surface area contributed by atoms with E-state index in [9.17, 15) is 0 Å². The van der Waals surface area contributed by atoms with Gasteiger partial charge >= 0.3 is 0 Å². The SMILES string of the molecule is COc1cc(-c2ccc3c(N4CCOC[C@@H]4C)nc(N4CCOC[C@@H]4C)nc3n2)ccn1. The summed E-state index contributed by atoms with van der Waals surface area (Å²) in [6, 6.07) is 8.30. The lowest BCUT2D eigenvalue weighted by Gasteiger charge is -2.37. The molecule has 0 saturated carbocycles. The van der Waals surface area contributed by atoms with Crippen molar-refractivity contribution in [3.63, 3.8) is 0 Å². The molecule has 2 aliphatic rings. The van der Waals surface area contributed by atoms with Gasteiger partial charge in [0.15, 0.2) is 5.65 Å². The minimum Gasteiger partial charge on any atom is -0.481 e. The smallest absolute Gasteiger partial charge is 0.229 e. The molecule has 9 heteroatoms. The molecule has 3 aromatic heterocycles. The number of anilines is 2. The molecule has 0 N–H and O–H groups in total. The van der Waals surface area contributed by atoms with Crippen LogP contribution in [0.2, 0.25) is 0 Å². The molecule has 2 saturated heterocycles. The van der Waals surface area contributed by atoms with Gasteiger partial charge in [-0.25, -0.2) is 9.97 Å². The minimum absolute atomic E-state index is 0.198. The molecule has 168 valence electrons. The van der Waals surface area contributed by atoms with E-state index in [1.54, 1.807) is 13.3 Å². The first-order valence-corrected chi connectivity index (χ1v) is 11.0. The molecule has 5 heterocycles. The third kappa shape index (κ3) is 3.93. The van der Waals surface area contributed by atoms with Crippen molar-refractivity contribution in [3.8, 4) is 17.1 Å². The zero-order chi connectivity index (χ0) is 22.1. The number of hydrogen-bond donors (Lipinski definition) is 0. The Labute approximate surface area is 187 Å². The number of nitrogens with zero attached hydrogens (tertiary/aromatic N) is 6. The van der Waals surface area contributed by atoms with Crippen LogP contribution in [0, 0.1) is 0 Å². The van der Waals surface area contributed by atoms with Gasteiger partial charge in [0.1, 0.15) is 5.82 Å². The molecule has 0 aliphatic carbocycles. The van der Waals surface area contributed by atoms with Crippen LogP contribution in [0.15, 0.2) is 30.5 Å². The highest BCUT2D eigenvalue weighted by molar-refractivity contribution is 5.90. The van der Waals surface area contributed by atoms with E-state index in [1.807, 2.05) is 18.2 Å². The fraction of sp³-hybridized carbons (Fsp3) is 0.478. The van der Waals surface area contributed by atoms with E-state index < -0.39 is 0 Å². The van der Waals surface area contributed by atoms with Crippen LogP contribution in [0.1, 0.15) is 13.8 Å². The van der Waals surface area contributed by atoms with Crippen molar-refractivity contribution < 1.29 is 14.2 Å². The number of morpholine rings is 2. The third-order valence-electron chi connectivity index (χ3n) is 6.03. The van der Waals surface area contributed by atoms with Crippen molar-refractivity contribution in [2.75, 3.05) is 56.4 Å². The Morgan fingerprint density at radius 1 is 0.938 bits per heavy atom. The Balaban J connectivity index is 1.65. The Morgan fingerprint density at radius 2 is 1.69 bits per heavy atom. The average Bonchev–Trinajstić information content (AvgIpc) is 2.83. The van der Waals surface area contributed by atoms with Gasteiger partial charge in [-0.15, -0.1) is 0 Å². The second-order valence-corrected chi connectivity index (χ2v) is 8.24. The largest absolute Gasteiger partial charge is 0.481 e. The maximum Gasteiger partial charge on any atom is 0.229 e.